The molecule has 0 aromatic carbocycles. The fourth-order valence-corrected chi connectivity index (χ4v) is 5.89. The first-order valence-corrected chi connectivity index (χ1v) is 9.13. The summed E-state index contributed by atoms with van der Waals surface area (Å²) in [5, 5.41) is 10.8. The third-order valence-corrected chi connectivity index (χ3v) is 7.75. The number of fused-ring (bicyclic) bond motifs is 3. The molecule has 0 aromatic rings. The number of hydrogen-bond donors (Lipinski definition) is 1. The van der Waals surface area contributed by atoms with E-state index in [9.17, 15) is 5.11 Å². The fourth-order valence-electron chi connectivity index (χ4n) is 5.89. The molecule has 4 aliphatic rings. The van der Waals surface area contributed by atoms with Gasteiger partial charge in [-0.1, -0.05) is 20.8 Å². The highest BCUT2D eigenvalue weighted by Gasteiger charge is 2.64. The predicted molar refractivity (Wildman–Crippen MR) is 85.6 cm³/mol. The van der Waals surface area contributed by atoms with Gasteiger partial charge in [-0.15, -0.1) is 0 Å². The van der Waals surface area contributed by atoms with E-state index in [2.05, 4.69) is 34.6 Å². The Bertz CT molecular complexity index is 489. The molecule has 126 valence electrons. The van der Waals surface area contributed by atoms with Gasteiger partial charge in [-0.2, -0.15) is 0 Å². The molecule has 4 rings (SSSR count). The largest absolute Gasteiger partial charge is 0.393 e. The molecule has 1 N–H and O–H groups in total. The third kappa shape index (κ3) is 2.12. The second-order valence-corrected chi connectivity index (χ2v) is 9.89. The third-order valence-electron chi connectivity index (χ3n) is 7.75. The summed E-state index contributed by atoms with van der Waals surface area (Å²) in [6, 6.07) is 0. The van der Waals surface area contributed by atoms with Crippen molar-refractivity contribution in [2.45, 2.75) is 103 Å². The van der Waals surface area contributed by atoms with Crippen LogP contribution in [0.4, 0.5) is 0 Å². The quantitative estimate of drug-likeness (QED) is 0.694. The first-order chi connectivity index (χ1) is 10.1. The van der Waals surface area contributed by atoms with Crippen LogP contribution in [-0.4, -0.2) is 34.6 Å². The molecule has 7 atom stereocenters. The zero-order chi connectivity index (χ0) is 16.0. The smallest absolute Gasteiger partial charge is 0.0921 e. The van der Waals surface area contributed by atoms with E-state index in [1.807, 2.05) is 0 Å². The molecule has 2 aliphatic heterocycles. The summed E-state index contributed by atoms with van der Waals surface area (Å²) in [5.41, 5.74) is 0.290. The molecule has 2 aliphatic carbocycles. The van der Waals surface area contributed by atoms with Gasteiger partial charge in [0.15, 0.2) is 0 Å². The van der Waals surface area contributed by atoms with Crippen molar-refractivity contribution in [1.29, 1.82) is 0 Å². The summed E-state index contributed by atoms with van der Waals surface area (Å²) >= 11 is 0. The SMILES string of the molecule is CC1(C)C[C@H](O)[C@@]2(C)C[C@H]3O[C@]3(C)CC[C@H]3O[C@]3(C)CC[C@H]12. The monoisotopic (exact) mass is 308 g/mol. The molecule has 4 fully saturated rings. The molecular weight excluding hydrogens is 276 g/mol. The molecule has 2 saturated heterocycles. The molecule has 22 heavy (non-hydrogen) atoms. The molecule has 3 heteroatoms. The number of rotatable bonds is 0. The molecule has 0 aromatic heterocycles. The maximum atomic E-state index is 10.8. The van der Waals surface area contributed by atoms with E-state index in [0.29, 0.717) is 18.1 Å². The Hall–Kier alpha value is -0.120. The minimum Gasteiger partial charge on any atom is -0.393 e. The molecule has 0 bridgehead atoms. The summed E-state index contributed by atoms with van der Waals surface area (Å²) in [6.07, 6.45) is 6.99. The fraction of sp³-hybridized carbons (Fsp3) is 1.00. The lowest BCUT2D eigenvalue weighted by molar-refractivity contribution is 0.0154. The number of aliphatic hydroxyl groups excluding tert-OH is 1. The predicted octanol–water partition coefficient (Wildman–Crippen LogP) is 3.68. The first-order valence-electron chi connectivity index (χ1n) is 9.13. The maximum Gasteiger partial charge on any atom is 0.0921 e. The Kier molecular flexibility index (Phi) is 3.00. The second kappa shape index (κ2) is 4.29. The van der Waals surface area contributed by atoms with E-state index in [1.54, 1.807) is 0 Å². The number of hydrogen-bond acceptors (Lipinski definition) is 3. The van der Waals surface area contributed by atoms with E-state index in [4.69, 9.17) is 9.47 Å². The summed E-state index contributed by atoms with van der Waals surface area (Å²) < 4.78 is 12.1. The van der Waals surface area contributed by atoms with E-state index in [-0.39, 0.29) is 28.1 Å². The van der Waals surface area contributed by atoms with Crippen LogP contribution < -0.4 is 0 Å². The minimum absolute atomic E-state index is 0.0169. The van der Waals surface area contributed by atoms with Crippen LogP contribution in [0.25, 0.3) is 0 Å². The van der Waals surface area contributed by atoms with E-state index >= 15 is 0 Å². The van der Waals surface area contributed by atoms with Gasteiger partial charge in [-0.3, -0.25) is 0 Å². The van der Waals surface area contributed by atoms with Gasteiger partial charge in [-0.25, -0.2) is 0 Å². The van der Waals surface area contributed by atoms with Crippen LogP contribution in [-0.2, 0) is 9.47 Å². The molecule has 2 saturated carbocycles. The molecular formula is C19H32O3. The van der Waals surface area contributed by atoms with Crippen LogP contribution in [0.2, 0.25) is 0 Å². The Balaban J connectivity index is 1.65. The Morgan fingerprint density at radius 1 is 0.818 bits per heavy atom. The highest BCUT2D eigenvalue weighted by Crippen LogP contribution is 2.62. The van der Waals surface area contributed by atoms with Crippen LogP contribution in [0.15, 0.2) is 0 Å². The summed E-state index contributed by atoms with van der Waals surface area (Å²) in [4.78, 5) is 0. The minimum atomic E-state index is -0.203. The Morgan fingerprint density at radius 3 is 2.14 bits per heavy atom. The lowest BCUT2D eigenvalue weighted by Crippen LogP contribution is -2.37. The highest BCUT2D eigenvalue weighted by molar-refractivity contribution is 5.12. The van der Waals surface area contributed by atoms with E-state index in [0.717, 1.165) is 38.5 Å². The van der Waals surface area contributed by atoms with Gasteiger partial charge < -0.3 is 14.6 Å². The summed E-state index contributed by atoms with van der Waals surface area (Å²) in [5.74, 6) is 0.545. The van der Waals surface area contributed by atoms with E-state index in [1.165, 1.54) is 0 Å². The van der Waals surface area contributed by atoms with Crippen molar-refractivity contribution in [3.05, 3.63) is 0 Å². The lowest BCUT2D eigenvalue weighted by atomic mass is 9.66. The molecule has 0 spiro atoms. The van der Waals surface area contributed by atoms with Gasteiger partial charge in [0, 0.05) is 0 Å². The van der Waals surface area contributed by atoms with Crippen LogP contribution in [0, 0.1) is 16.7 Å². The van der Waals surface area contributed by atoms with Crippen LogP contribution >= 0.6 is 0 Å². The highest BCUT2D eigenvalue weighted by atomic mass is 16.6. The standard InChI is InChI=1S/C19H32O3/c1-16(2)10-13(20)17(3)11-15-19(5,22-15)9-7-14-18(4,21-14)8-6-12(16)17/h12-15,20H,6-11H2,1-5H3/t12-,13+,14-,15-,17+,18-,19-/m1/s1. The van der Waals surface area contributed by atoms with Gasteiger partial charge in [0.1, 0.15) is 0 Å². The Morgan fingerprint density at radius 2 is 1.41 bits per heavy atom. The van der Waals surface area contributed by atoms with Crippen molar-refractivity contribution in [2.24, 2.45) is 16.7 Å². The van der Waals surface area contributed by atoms with Crippen LogP contribution in [0.3, 0.4) is 0 Å². The molecule has 2 heterocycles. The van der Waals surface area contributed by atoms with E-state index < -0.39 is 0 Å². The zero-order valence-electron chi connectivity index (χ0n) is 14.8. The lowest BCUT2D eigenvalue weighted by Gasteiger charge is -2.39. The number of ether oxygens (including phenoxy) is 2. The van der Waals surface area contributed by atoms with Crippen molar-refractivity contribution in [2.75, 3.05) is 0 Å². The van der Waals surface area contributed by atoms with Crippen molar-refractivity contribution in [1.82, 2.24) is 0 Å². The average Bonchev–Trinajstić information content (AvgIpc) is 3.20. The van der Waals surface area contributed by atoms with Crippen molar-refractivity contribution < 1.29 is 14.6 Å². The summed E-state index contributed by atoms with van der Waals surface area (Å²) in [6.45, 7) is 11.5. The topological polar surface area (TPSA) is 45.3 Å². The van der Waals surface area contributed by atoms with Crippen molar-refractivity contribution in [3.63, 3.8) is 0 Å². The normalized spacial score (nSPS) is 59.7. The van der Waals surface area contributed by atoms with Crippen molar-refractivity contribution in [3.8, 4) is 0 Å². The van der Waals surface area contributed by atoms with Gasteiger partial charge in [-0.05, 0) is 69.1 Å². The molecule has 3 nitrogen and oxygen atoms in total. The van der Waals surface area contributed by atoms with Gasteiger partial charge >= 0.3 is 0 Å². The number of aliphatic hydroxyl groups is 1. The second-order valence-electron chi connectivity index (χ2n) is 9.89. The van der Waals surface area contributed by atoms with Crippen LogP contribution in [0.1, 0.15) is 73.1 Å². The van der Waals surface area contributed by atoms with Gasteiger partial charge in [0.25, 0.3) is 0 Å². The van der Waals surface area contributed by atoms with Gasteiger partial charge in [0.2, 0.25) is 0 Å². The van der Waals surface area contributed by atoms with Crippen LogP contribution in [0.5, 0.6) is 0 Å². The molecule has 0 amide bonds. The zero-order valence-corrected chi connectivity index (χ0v) is 14.8. The molecule has 0 radical (unpaired) electrons. The molecule has 0 unspecified atom stereocenters. The van der Waals surface area contributed by atoms with Crippen molar-refractivity contribution >= 4 is 0 Å². The average molecular weight is 308 g/mol. The number of epoxide rings is 2. The maximum absolute atomic E-state index is 10.8. The first kappa shape index (κ1) is 15.4. The van der Waals surface area contributed by atoms with Gasteiger partial charge in [0.05, 0.1) is 29.5 Å². The summed E-state index contributed by atoms with van der Waals surface area (Å²) in [7, 11) is 0. The Labute approximate surface area is 134 Å².